The lowest BCUT2D eigenvalue weighted by Gasteiger charge is -2.22. The van der Waals surface area contributed by atoms with E-state index >= 15 is 0 Å². The van der Waals surface area contributed by atoms with Crippen LogP contribution < -0.4 is 10.5 Å². The lowest BCUT2D eigenvalue weighted by molar-refractivity contribution is -0.147. The van der Waals surface area contributed by atoms with Gasteiger partial charge in [0.05, 0.1) is 19.8 Å². The van der Waals surface area contributed by atoms with Gasteiger partial charge in [-0.2, -0.15) is 13.2 Å². The second-order valence-electron chi connectivity index (χ2n) is 4.39. The van der Waals surface area contributed by atoms with Crippen molar-refractivity contribution in [3.63, 3.8) is 0 Å². The molecule has 0 amide bonds. The van der Waals surface area contributed by atoms with Crippen LogP contribution in [0.5, 0.6) is 5.75 Å². The SMILES string of the molecule is Nc1ccc(OCCCN(CCO)CC(F)(F)F)cc1. The van der Waals surface area contributed by atoms with E-state index in [4.69, 9.17) is 15.6 Å². The fourth-order valence-electron chi connectivity index (χ4n) is 1.71. The predicted octanol–water partition coefficient (Wildman–Crippen LogP) is 1.89. The predicted molar refractivity (Wildman–Crippen MR) is 70.5 cm³/mol. The number of nitrogen functional groups attached to an aromatic ring is 1. The topological polar surface area (TPSA) is 58.7 Å². The highest BCUT2D eigenvalue weighted by molar-refractivity contribution is 5.41. The fourth-order valence-corrected chi connectivity index (χ4v) is 1.71. The Balaban J connectivity index is 2.28. The number of benzene rings is 1. The molecule has 4 nitrogen and oxygen atoms in total. The van der Waals surface area contributed by atoms with Gasteiger partial charge in [0.2, 0.25) is 0 Å². The lowest BCUT2D eigenvalue weighted by atomic mass is 10.3. The van der Waals surface area contributed by atoms with Crippen LogP contribution in [-0.4, -0.2) is 49.0 Å². The van der Waals surface area contributed by atoms with E-state index in [2.05, 4.69) is 0 Å². The van der Waals surface area contributed by atoms with Crippen molar-refractivity contribution < 1.29 is 23.0 Å². The van der Waals surface area contributed by atoms with Crippen LogP contribution in [-0.2, 0) is 0 Å². The number of anilines is 1. The fraction of sp³-hybridized carbons (Fsp3) is 0.538. The number of nitrogens with two attached hydrogens (primary N) is 1. The van der Waals surface area contributed by atoms with Gasteiger partial charge in [-0.3, -0.25) is 4.90 Å². The smallest absolute Gasteiger partial charge is 0.401 e. The summed E-state index contributed by atoms with van der Waals surface area (Å²) in [5, 5.41) is 8.74. The summed E-state index contributed by atoms with van der Waals surface area (Å²) in [6.45, 7) is -0.787. The molecule has 3 N–H and O–H groups in total. The number of alkyl halides is 3. The van der Waals surface area contributed by atoms with Crippen LogP contribution in [0.15, 0.2) is 24.3 Å². The quantitative estimate of drug-likeness (QED) is 0.567. The summed E-state index contributed by atoms with van der Waals surface area (Å²) in [5.41, 5.74) is 6.14. The van der Waals surface area contributed by atoms with Crippen LogP contribution in [0.4, 0.5) is 18.9 Å². The van der Waals surface area contributed by atoms with Gasteiger partial charge in [-0.25, -0.2) is 0 Å². The number of ether oxygens (including phenoxy) is 1. The summed E-state index contributed by atoms with van der Waals surface area (Å²) in [4.78, 5) is 1.16. The minimum absolute atomic E-state index is 0.00137. The molecule has 0 unspecified atom stereocenters. The largest absolute Gasteiger partial charge is 0.494 e. The Hall–Kier alpha value is -1.47. The minimum atomic E-state index is -4.26. The molecule has 0 radical (unpaired) electrons. The highest BCUT2D eigenvalue weighted by Crippen LogP contribution is 2.17. The first-order chi connectivity index (χ1) is 9.40. The second-order valence-corrected chi connectivity index (χ2v) is 4.39. The molecule has 0 saturated carbocycles. The molecule has 0 heterocycles. The monoisotopic (exact) mass is 292 g/mol. The first-order valence-electron chi connectivity index (χ1n) is 6.29. The van der Waals surface area contributed by atoms with Crippen molar-refractivity contribution in [2.45, 2.75) is 12.6 Å². The Morgan fingerprint density at radius 1 is 1.15 bits per heavy atom. The number of rotatable bonds is 8. The van der Waals surface area contributed by atoms with E-state index in [1.165, 1.54) is 0 Å². The summed E-state index contributed by atoms with van der Waals surface area (Å²) in [7, 11) is 0. The summed E-state index contributed by atoms with van der Waals surface area (Å²) in [5.74, 6) is 0.628. The molecule has 0 atom stereocenters. The van der Waals surface area contributed by atoms with Crippen molar-refractivity contribution >= 4 is 5.69 Å². The summed E-state index contributed by atoms with van der Waals surface area (Å²) < 4.78 is 42.2. The third kappa shape index (κ3) is 7.20. The highest BCUT2D eigenvalue weighted by atomic mass is 19.4. The van der Waals surface area contributed by atoms with Gasteiger partial charge in [0, 0.05) is 18.8 Å². The first kappa shape index (κ1) is 16.6. The Morgan fingerprint density at radius 2 is 1.80 bits per heavy atom. The molecule has 7 heteroatoms. The van der Waals surface area contributed by atoms with E-state index in [-0.39, 0.29) is 19.7 Å². The molecule has 0 spiro atoms. The van der Waals surface area contributed by atoms with Crippen molar-refractivity contribution in [3.05, 3.63) is 24.3 Å². The Morgan fingerprint density at radius 3 is 2.35 bits per heavy atom. The van der Waals surface area contributed by atoms with Gasteiger partial charge in [-0.1, -0.05) is 0 Å². The third-order valence-corrected chi connectivity index (χ3v) is 2.59. The maximum Gasteiger partial charge on any atom is 0.401 e. The molecule has 0 aliphatic heterocycles. The molecule has 0 aromatic heterocycles. The molecule has 1 aromatic rings. The molecule has 1 aromatic carbocycles. The molecule has 0 saturated heterocycles. The number of hydrogen-bond donors (Lipinski definition) is 2. The standard InChI is InChI=1S/C13H19F3N2O2/c14-13(15,16)10-18(7-8-19)6-1-9-20-12-4-2-11(17)3-5-12/h2-5,19H,1,6-10,17H2. The number of halogens is 3. The lowest BCUT2D eigenvalue weighted by Crippen LogP contribution is -2.37. The molecule has 0 bridgehead atoms. The van der Waals surface area contributed by atoms with Gasteiger partial charge in [-0.15, -0.1) is 0 Å². The zero-order chi connectivity index (χ0) is 15.0. The van der Waals surface area contributed by atoms with Gasteiger partial charge < -0.3 is 15.6 Å². The van der Waals surface area contributed by atoms with E-state index in [9.17, 15) is 13.2 Å². The van der Waals surface area contributed by atoms with Crippen LogP contribution in [0.1, 0.15) is 6.42 Å². The third-order valence-electron chi connectivity index (χ3n) is 2.59. The van der Waals surface area contributed by atoms with E-state index in [1.807, 2.05) is 0 Å². The van der Waals surface area contributed by atoms with Gasteiger partial charge >= 0.3 is 6.18 Å². The molecular formula is C13H19F3N2O2. The van der Waals surface area contributed by atoms with Crippen molar-refractivity contribution in [1.82, 2.24) is 4.90 Å². The molecular weight excluding hydrogens is 273 g/mol. The average molecular weight is 292 g/mol. The van der Waals surface area contributed by atoms with E-state index in [0.717, 1.165) is 4.90 Å². The molecule has 0 fully saturated rings. The second kappa shape index (κ2) is 7.96. The van der Waals surface area contributed by atoms with Crippen LogP contribution >= 0.6 is 0 Å². The number of aliphatic hydroxyl groups is 1. The molecule has 1 rings (SSSR count). The molecule has 114 valence electrons. The number of aliphatic hydroxyl groups excluding tert-OH is 1. The van der Waals surface area contributed by atoms with Gasteiger partial charge in [0.25, 0.3) is 0 Å². The van der Waals surface area contributed by atoms with Crippen molar-refractivity contribution in [2.75, 3.05) is 38.6 Å². The van der Waals surface area contributed by atoms with E-state index in [0.29, 0.717) is 24.5 Å². The maximum atomic E-state index is 12.3. The first-order valence-corrected chi connectivity index (χ1v) is 6.29. The van der Waals surface area contributed by atoms with Crippen LogP contribution in [0, 0.1) is 0 Å². The highest BCUT2D eigenvalue weighted by Gasteiger charge is 2.30. The molecule has 0 aliphatic carbocycles. The Labute approximate surface area is 115 Å². The van der Waals surface area contributed by atoms with Gasteiger partial charge in [-0.05, 0) is 30.7 Å². The van der Waals surface area contributed by atoms with Crippen LogP contribution in [0.2, 0.25) is 0 Å². The van der Waals surface area contributed by atoms with Crippen molar-refractivity contribution in [3.8, 4) is 5.75 Å². The van der Waals surface area contributed by atoms with E-state index < -0.39 is 12.7 Å². The van der Waals surface area contributed by atoms with Gasteiger partial charge in [0.15, 0.2) is 0 Å². The van der Waals surface area contributed by atoms with E-state index in [1.54, 1.807) is 24.3 Å². The van der Waals surface area contributed by atoms with Gasteiger partial charge in [0.1, 0.15) is 5.75 Å². The zero-order valence-electron chi connectivity index (χ0n) is 11.1. The van der Waals surface area contributed by atoms with Crippen LogP contribution in [0.25, 0.3) is 0 Å². The van der Waals surface area contributed by atoms with Crippen molar-refractivity contribution in [1.29, 1.82) is 0 Å². The van der Waals surface area contributed by atoms with Crippen molar-refractivity contribution in [2.24, 2.45) is 0 Å². The maximum absolute atomic E-state index is 12.3. The summed E-state index contributed by atoms with van der Waals surface area (Å²) in [6, 6.07) is 6.79. The molecule has 0 aliphatic rings. The number of hydrogen-bond acceptors (Lipinski definition) is 4. The summed E-state index contributed by atoms with van der Waals surface area (Å²) >= 11 is 0. The number of nitrogens with zero attached hydrogens (tertiary/aromatic N) is 1. The summed E-state index contributed by atoms with van der Waals surface area (Å²) in [6.07, 6.45) is -3.81. The Kier molecular flexibility index (Phi) is 6.60. The van der Waals surface area contributed by atoms with Crippen LogP contribution in [0.3, 0.4) is 0 Å². The molecule has 20 heavy (non-hydrogen) atoms. The Bertz CT molecular complexity index is 382. The average Bonchev–Trinajstić information content (AvgIpc) is 2.35. The normalized spacial score (nSPS) is 11.8. The zero-order valence-corrected chi connectivity index (χ0v) is 11.1. The minimum Gasteiger partial charge on any atom is -0.494 e.